The molecule has 2 aromatic carbocycles. The highest BCUT2D eigenvalue weighted by atomic mass is 16.5. The molecule has 0 saturated carbocycles. The van der Waals surface area contributed by atoms with Crippen LogP contribution in [0.3, 0.4) is 0 Å². The third-order valence-electron chi connectivity index (χ3n) is 6.01. The van der Waals surface area contributed by atoms with Crippen LogP contribution in [-0.2, 0) is 9.59 Å². The van der Waals surface area contributed by atoms with Crippen LogP contribution in [0.5, 0.6) is 11.5 Å². The maximum Gasteiger partial charge on any atom is 0.225 e. The van der Waals surface area contributed by atoms with E-state index in [0.717, 1.165) is 40.3 Å². The van der Waals surface area contributed by atoms with Crippen molar-refractivity contribution in [3.8, 4) is 11.5 Å². The molecule has 0 aromatic heterocycles. The lowest BCUT2D eigenvalue weighted by atomic mass is 9.73. The first kappa shape index (κ1) is 22.1. The lowest BCUT2D eigenvalue weighted by Crippen LogP contribution is -2.38. The van der Waals surface area contributed by atoms with Gasteiger partial charge in [-0.1, -0.05) is 31.2 Å². The van der Waals surface area contributed by atoms with Gasteiger partial charge in [0.25, 0.3) is 0 Å². The number of hydrogen-bond acceptors (Lipinski definition) is 4. The molecule has 168 valence electrons. The van der Waals surface area contributed by atoms with Gasteiger partial charge in [0.15, 0.2) is 5.78 Å². The Labute approximate surface area is 189 Å². The lowest BCUT2D eigenvalue weighted by Gasteiger charge is -2.34. The first-order valence-electron chi connectivity index (χ1n) is 11.5. The van der Waals surface area contributed by atoms with Gasteiger partial charge in [-0.05, 0) is 68.0 Å². The number of amides is 1. The van der Waals surface area contributed by atoms with E-state index in [1.54, 1.807) is 0 Å². The van der Waals surface area contributed by atoms with E-state index in [-0.39, 0.29) is 29.6 Å². The van der Waals surface area contributed by atoms with Crippen molar-refractivity contribution in [2.24, 2.45) is 0 Å². The Kier molecular flexibility index (Phi) is 6.63. The number of rotatable bonds is 7. The summed E-state index contributed by atoms with van der Waals surface area (Å²) >= 11 is 0. The Morgan fingerprint density at radius 3 is 2.22 bits per heavy atom. The molecule has 1 amide bonds. The number of ketones is 1. The van der Waals surface area contributed by atoms with Crippen LogP contribution in [0.15, 0.2) is 59.8 Å². The normalized spacial score (nSPS) is 20.8. The topological polar surface area (TPSA) is 64.6 Å². The Balaban J connectivity index is 1.56. The van der Waals surface area contributed by atoms with Crippen molar-refractivity contribution in [1.82, 2.24) is 5.32 Å². The van der Waals surface area contributed by atoms with Crippen molar-refractivity contribution in [2.45, 2.75) is 64.4 Å². The highest BCUT2D eigenvalue weighted by molar-refractivity contribution is 6.02. The Hall–Kier alpha value is -3.08. The van der Waals surface area contributed by atoms with Crippen LogP contribution < -0.4 is 14.8 Å². The maximum absolute atomic E-state index is 13.3. The number of carbonyl (C=O) groups is 2. The van der Waals surface area contributed by atoms with E-state index in [4.69, 9.17) is 9.47 Å². The van der Waals surface area contributed by atoms with Crippen molar-refractivity contribution in [1.29, 1.82) is 0 Å². The monoisotopic (exact) mass is 433 g/mol. The Bertz CT molecular complexity index is 1000. The fraction of sp³-hybridized carbons (Fsp3) is 0.407. The zero-order valence-electron chi connectivity index (χ0n) is 19.0. The van der Waals surface area contributed by atoms with Gasteiger partial charge < -0.3 is 14.8 Å². The molecule has 2 aromatic rings. The van der Waals surface area contributed by atoms with E-state index in [0.29, 0.717) is 25.9 Å². The van der Waals surface area contributed by atoms with Gasteiger partial charge in [0.05, 0.1) is 12.7 Å². The number of allylic oxidation sites excluding steroid dienone is 2. The molecule has 4 rings (SSSR count). The molecule has 0 spiro atoms. The van der Waals surface area contributed by atoms with E-state index in [1.807, 2.05) is 62.4 Å². The fourth-order valence-corrected chi connectivity index (χ4v) is 4.59. The third-order valence-corrected chi connectivity index (χ3v) is 6.01. The van der Waals surface area contributed by atoms with Crippen LogP contribution in [0.2, 0.25) is 0 Å². The van der Waals surface area contributed by atoms with Crippen LogP contribution in [0, 0.1) is 0 Å². The van der Waals surface area contributed by atoms with E-state index in [1.165, 1.54) is 0 Å². The van der Waals surface area contributed by atoms with Crippen LogP contribution in [0.25, 0.3) is 0 Å². The molecule has 5 heteroatoms. The number of hydrogen-bond donors (Lipinski definition) is 1. The summed E-state index contributed by atoms with van der Waals surface area (Å²) in [6, 6.07) is 15.8. The number of benzene rings is 2. The highest BCUT2D eigenvalue weighted by Crippen LogP contribution is 2.43. The molecule has 2 aliphatic rings. The molecule has 2 atom stereocenters. The summed E-state index contributed by atoms with van der Waals surface area (Å²) in [5, 5.41) is 3.00. The molecule has 1 aliphatic carbocycles. The van der Waals surface area contributed by atoms with Crippen LogP contribution in [-0.4, -0.2) is 24.4 Å². The van der Waals surface area contributed by atoms with Gasteiger partial charge in [-0.15, -0.1) is 0 Å². The van der Waals surface area contributed by atoms with Crippen molar-refractivity contribution in [3.63, 3.8) is 0 Å². The van der Waals surface area contributed by atoms with Gasteiger partial charge >= 0.3 is 0 Å². The summed E-state index contributed by atoms with van der Waals surface area (Å²) in [5.41, 5.74) is 3.62. The second-order valence-electron chi connectivity index (χ2n) is 8.88. The largest absolute Gasteiger partial charge is 0.494 e. The molecular weight excluding hydrogens is 402 g/mol. The average Bonchev–Trinajstić information content (AvgIpc) is 2.77. The van der Waals surface area contributed by atoms with Gasteiger partial charge in [0.1, 0.15) is 11.5 Å². The predicted molar refractivity (Wildman–Crippen MR) is 124 cm³/mol. The molecule has 1 aliphatic heterocycles. The second-order valence-corrected chi connectivity index (χ2v) is 8.88. The summed E-state index contributed by atoms with van der Waals surface area (Å²) in [7, 11) is 0. The first-order chi connectivity index (χ1) is 15.4. The van der Waals surface area contributed by atoms with Gasteiger partial charge in [0.2, 0.25) is 5.91 Å². The molecule has 0 radical (unpaired) electrons. The maximum atomic E-state index is 13.3. The van der Waals surface area contributed by atoms with E-state index < -0.39 is 0 Å². The zero-order chi connectivity index (χ0) is 22.7. The zero-order valence-corrected chi connectivity index (χ0v) is 19.0. The predicted octanol–water partition coefficient (Wildman–Crippen LogP) is 5.27. The summed E-state index contributed by atoms with van der Waals surface area (Å²) in [4.78, 5) is 25.8. The van der Waals surface area contributed by atoms with Gasteiger partial charge in [-0.3, -0.25) is 9.59 Å². The van der Waals surface area contributed by atoms with Crippen LogP contribution in [0.4, 0.5) is 0 Å². The molecule has 1 N–H and O–H groups in total. The number of carbonyl (C=O) groups excluding carboxylic acids is 2. The standard InChI is InChI=1S/C27H31NO4/c1-4-13-31-21-9-5-18(6-10-21)20-14-24-27(25(29)15-20)23(16-26(30)28-24)19-7-11-22(12-8-19)32-17(2)3/h5-12,17,20,23H,4,13-16H2,1-3H3,(H,28,30). The summed E-state index contributed by atoms with van der Waals surface area (Å²) in [6.45, 7) is 6.74. The SMILES string of the molecule is CCCOc1ccc(C2CC(=O)C3=C(C2)NC(=O)CC3c2ccc(OC(C)C)cc2)cc1. The van der Waals surface area contributed by atoms with Crippen molar-refractivity contribution in [2.75, 3.05) is 6.61 Å². The van der Waals surface area contributed by atoms with Gasteiger partial charge in [0, 0.05) is 30.0 Å². The first-order valence-corrected chi connectivity index (χ1v) is 11.5. The molecular formula is C27H31NO4. The summed E-state index contributed by atoms with van der Waals surface area (Å²) < 4.78 is 11.4. The van der Waals surface area contributed by atoms with Crippen LogP contribution in [0.1, 0.15) is 69.4 Å². The molecule has 5 nitrogen and oxygen atoms in total. The quantitative estimate of drug-likeness (QED) is 0.646. The van der Waals surface area contributed by atoms with Crippen molar-refractivity contribution in [3.05, 3.63) is 70.9 Å². The average molecular weight is 434 g/mol. The van der Waals surface area contributed by atoms with Gasteiger partial charge in [-0.2, -0.15) is 0 Å². The van der Waals surface area contributed by atoms with Crippen LogP contribution >= 0.6 is 0 Å². The lowest BCUT2D eigenvalue weighted by molar-refractivity contribution is -0.122. The van der Waals surface area contributed by atoms with E-state index in [9.17, 15) is 9.59 Å². The number of Topliss-reactive ketones (excluding diaryl/α,β-unsaturated/α-hetero) is 1. The Morgan fingerprint density at radius 2 is 1.56 bits per heavy atom. The number of ether oxygens (including phenoxy) is 2. The van der Waals surface area contributed by atoms with Crippen molar-refractivity contribution >= 4 is 11.7 Å². The minimum atomic E-state index is -0.204. The minimum Gasteiger partial charge on any atom is -0.494 e. The van der Waals surface area contributed by atoms with Gasteiger partial charge in [-0.25, -0.2) is 0 Å². The van der Waals surface area contributed by atoms with Crippen molar-refractivity contribution < 1.29 is 19.1 Å². The highest BCUT2D eigenvalue weighted by Gasteiger charge is 2.38. The second kappa shape index (κ2) is 9.60. The number of nitrogens with one attached hydrogen (secondary N) is 1. The summed E-state index contributed by atoms with van der Waals surface area (Å²) in [5.74, 6) is 1.57. The fourth-order valence-electron chi connectivity index (χ4n) is 4.59. The molecule has 0 fully saturated rings. The molecule has 2 unspecified atom stereocenters. The van der Waals surface area contributed by atoms with E-state index >= 15 is 0 Å². The minimum absolute atomic E-state index is 0.0342. The molecule has 0 bridgehead atoms. The molecule has 0 saturated heterocycles. The smallest absolute Gasteiger partial charge is 0.225 e. The molecule has 1 heterocycles. The Morgan fingerprint density at radius 1 is 0.906 bits per heavy atom. The summed E-state index contributed by atoms with van der Waals surface area (Å²) in [6.07, 6.45) is 2.47. The molecule has 32 heavy (non-hydrogen) atoms. The van der Waals surface area contributed by atoms with E-state index in [2.05, 4.69) is 12.2 Å². The third kappa shape index (κ3) is 4.87.